The number of hydrogen-bond acceptors (Lipinski definition) is 4. The molecule has 0 fully saturated rings. The van der Waals surface area contributed by atoms with Gasteiger partial charge in [0.25, 0.3) is 6.47 Å². The van der Waals surface area contributed by atoms with Crippen LogP contribution in [-0.4, -0.2) is 43.7 Å². The predicted octanol–water partition coefficient (Wildman–Crippen LogP) is 5.81. The fourth-order valence-corrected chi connectivity index (χ4v) is 4.65. The SMILES string of the molecule is O=C(NCCc1ccccc1Cl)C1=C(c2ccc(CCCOc3ccccc3Cl)cc2)CCNC1.O=CO. The average molecular weight is 556 g/mol. The lowest BCUT2D eigenvalue weighted by atomic mass is 9.92. The van der Waals surface area contributed by atoms with Crippen molar-refractivity contribution < 1.29 is 19.4 Å². The molecular weight excluding hydrogens is 523 g/mol. The minimum absolute atomic E-state index is 0.0138. The topological polar surface area (TPSA) is 87.7 Å². The van der Waals surface area contributed by atoms with Gasteiger partial charge in [0.15, 0.2) is 0 Å². The first kappa shape index (κ1) is 29.2. The predicted molar refractivity (Wildman–Crippen MR) is 153 cm³/mol. The smallest absolute Gasteiger partial charge is 0.290 e. The van der Waals surface area contributed by atoms with Crippen LogP contribution in [0.5, 0.6) is 5.75 Å². The second-order valence-electron chi connectivity index (χ2n) is 8.67. The minimum atomic E-state index is -0.250. The van der Waals surface area contributed by atoms with Crippen molar-refractivity contribution in [1.82, 2.24) is 10.6 Å². The van der Waals surface area contributed by atoms with Gasteiger partial charge >= 0.3 is 0 Å². The number of para-hydroxylation sites is 1. The fourth-order valence-electron chi connectivity index (χ4n) is 4.23. The van der Waals surface area contributed by atoms with Gasteiger partial charge in [-0.2, -0.15) is 0 Å². The van der Waals surface area contributed by atoms with Crippen molar-refractivity contribution in [2.24, 2.45) is 0 Å². The second kappa shape index (κ2) is 15.8. The van der Waals surface area contributed by atoms with Crippen LogP contribution in [0.25, 0.3) is 5.57 Å². The number of nitrogens with one attached hydrogen (secondary N) is 2. The lowest BCUT2D eigenvalue weighted by Gasteiger charge is -2.21. The van der Waals surface area contributed by atoms with Crippen LogP contribution in [0.4, 0.5) is 0 Å². The summed E-state index contributed by atoms with van der Waals surface area (Å²) in [4.78, 5) is 21.3. The molecule has 38 heavy (non-hydrogen) atoms. The Morgan fingerprint density at radius 3 is 2.37 bits per heavy atom. The normalized spacial score (nSPS) is 12.8. The maximum Gasteiger partial charge on any atom is 0.290 e. The molecule has 1 amide bonds. The summed E-state index contributed by atoms with van der Waals surface area (Å²) in [6.07, 6.45) is 3.35. The number of halogens is 2. The highest BCUT2D eigenvalue weighted by atomic mass is 35.5. The molecule has 4 rings (SSSR count). The molecule has 0 unspecified atom stereocenters. The molecule has 3 aromatic rings. The third-order valence-corrected chi connectivity index (χ3v) is 6.82. The Hall–Kier alpha value is -3.32. The first-order chi connectivity index (χ1) is 18.5. The van der Waals surface area contributed by atoms with Crippen molar-refractivity contribution in [3.63, 3.8) is 0 Å². The van der Waals surface area contributed by atoms with Crippen LogP contribution in [-0.2, 0) is 22.4 Å². The first-order valence-corrected chi connectivity index (χ1v) is 13.3. The van der Waals surface area contributed by atoms with Gasteiger partial charge in [0, 0.05) is 23.7 Å². The van der Waals surface area contributed by atoms with Gasteiger partial charge in [0.1, 0.15) is 5.75 Å². The Kier molecular flexibility index (Phi) is 12.2. The number of rotatable bonds is 10. The molecule has 0 bridgehead atoms. The van der Waals surface area contributed by atoms with Crippen LogP contribution in [0.15, 0.2) is 78.4 Å². The van der Waals surface area contributed by atoms with E-state index in [9.17, 15) is 4.79 Å². The van der Waals surface area contributed by atoms with Crippen molar-refractivity contribution in [3.05, 3.63) is 105 Å². The minimum Gasteiger partial charge on any atom is -0.492 e. The molecule has 1 aliphatic rings. The molecule has 0 saturated carbocycles. The van der Waals surface area contributed by atoms with Gasteiger partial charge in [-0.05, 0) is 72.7 Å². The van der Waals surface area contributed by atoms with Crippen LogP contribution in [0.2, 0.25) is 10.0 Å². The van der Waals surface area contributed by atoms with Gasteiger partial charge in [-0.1, -0.05) is 77.8 Å². The maximum atomic E-state index is 13.0. The average Bonchev–Trinajstić information content (AvgIpc) is 2.94. The standard InChI is InChI=1S/C29H30Cl2N2O2.CH2O2/c30-26-8-2-1-7-23(26)15-18-33-29(34)25-20-32-17-16-24(25)22-13-11-21(12-14-22)6-5-19-35-28-10-4-3-9-27(28)31;2-1-3/h1-4,7-14,32H,5-6,15-20H2,(H,33,34);1H,(H,2,3). The van der Waals surface area contributed by atoms with Crippen molar-refractivity contribution in [2.45, 2.75) is 25.7 Å². The molecule has 0 spiro atoms. The van der Waals surface area contributed by atoms with Gasteiger partial charge in [0.2, 0.25) is 5.91 Å². The van der Waals surface area contributed by atoms with E-state index < -0.39 is 0 Å². The Morgan fingerprint density at radius 1 is 0.974 bits per heavy atom. The van der Waals surface area contributed by atoms with Crippen molar-refractivity contribution >= 4 is 41.2 Å². The summed E-state index contributed by atoms with van der Waals surface area (Å²) in [5.74, 6) is 0.708. The monoisotopic (exact) mass is 554 g/mol. The second-order valence-corrected chi connectivity index (χ2v) is 9.48. The number of carbonyl (C=O) groups is 2. The van der Waals surface area contributed by atoms with Crippen molar-refractivity contribution in [1.29, 1.82) is 0 Å². The molecule has 0 atom stereocenters. The molecule has 1 heterocycles. The molecule has 0 saturated heterocycles. The lowest BCUT2D eigenvalue weighted by molar-refractivity contribution is -0.123. The van der Waals surface area contributed by atoms with Crippen LogP contribution >= 0.6 is 23.2 Å². The molecule has 0 aromatic heterocycles. The number of carboxylic acid groups (broad SMARTS) is 1. The zero-order valence-electron chi connectivity index (χ0n) is 21.1. The van der Waals surface area contributed by atoms with Gasteiger partial charge in [-0.25, -0.2) is 0 Å². The van der Waals surface area contributed by atoms with E-state index in [1.807, 2.05) is 48.5 Å². The summed E-state index contributed by atoms with van der Waals surface area (Å²) in [6.45, 7) is 2.36. The Bertz CT molecular complexity index is 1230. The highest BCUT2D eigenvalue weighted by Gasteiger charge is 2.20. The summed E-state index contributed by atoms with van der Waals surface area (Å²) in [7, 11) is 0. The van der Waals surface area contributed by atoms with Gasteiger partial charge in [0.05, 0.1) is 11.6 Å². The largest absolute Gasteiger partial charge is 0.492 e. The molecule has 8 heteroatoms. The molecule has 0 radical (unpaired) electrons. The van der Waals surface area contributed by atoms with Crippen LogP contribution in [0.1, 0.15) is 29.5 Å². The first-order valence-electron chi connectivity index (χ1n) is 12.5. The molecule has 1 aliphatic heterocycles. The number of aryl methyl sites for hydroxylation is 1. The molecule has 6 nitrogen and oxygen atoms in total. The summed E-state index contributed by atoms with van der Waals surface area (Å²) in [5, 5.41) is 14.7. The van der Waals surface area contributed by atoms with E-state index in [4.69, 9.17) is 37.8 Å². The van der Waals surface area contributed by atoms with E-state index in [0.29, 0.717) is 31.1 Å². The van der Waals surface area contributed by atoms with E-state index >= 15 is 0 Å². The molecule has 3 aromatic carbocycles. The number of ether oxygens (including phenoxy) is 1. The zero-order valence-corrected chi connectivity index (χ0v) is 22.6. The lowest BCUT2D eigenvalue weighted by Crippen LogP contribution is -2.35. The van der Waals surface area contributed by atoms with Crippen LogP contribution in [0.3, 0.4) is 0 Å². The number of hydrogen-bond donors (Lipinski definition) is 3. The number of amides is 1. The number of carbonyl (C=O) groups excluding carboxylic acids is 1. The van der Waals surface area contributed by atoms with E-state index in [1.165, 1.54) is 5.56 Å². The molecule has 200 valence electrons. The zero-order chi connectivity index (χ0) is 27.2. The summed E-state index contributed by atoms with van der Waals surface area (Å²) >= 11 is 12.4. The van der Waals surface area contributed by atoms with Crippen LogP contribution in [0, 0.1) is 0 Å². The van der Waals surface area contributed by atoms with Crippen molar-refractivity contribution in [2.75, 3.05) is 26.2 Å². The van der Waals surface area contributed by atoms with Crippen LogP contribution < -0.4 is 15.4 Å². The van der Waals surface area contributed by atoms with E-state index in [1.54, 1.807) is 0 Å². The molecule has 3 N–H and O–H groups in total. The van der Waals surface area contributed by atoms with E-state index in [2.05, 4.69) is 34.9 Å². The highest BCUT2D eigenvalue weighted by molar-refractivity contribution is 6.32. The molecule has 0 aliphatic carbocycles. The Balaban J connectivity index is 0.00000127. The maximum absolute atomic E-state index is 13.0. The van der Waals surface area contributed by atoms with E-state index in [-0.39, 0.29) is 12.4 Å². The number of benzene rings is 3. The third-order valence-electron chi connectivity index (χ3n) is 6.14. The quantitative estimate of drug-likeness (QED) is 0.217. The van der Waals surface area contributed by atoms with E-state index in [0.717, 1.165) is 58.9 Å². The van der Waals surface area contributed by atoms with Gasteiger partial charge in [-0.15, -0.1) is 0 Å². The van der Waals surface area contributed by atoms with Gasteiger partial charge in [-0.3, -0.25) is 9.59 Å². The summed E-state index contributed by atoms with van der Waals surface area (Å²) in [5.41, 5.74) is 5.33. The van der Waals surface area contributed by atoms with Gasteiger partial charge < -0.3 is 20.5 Å². The fraction of sp³-hybridized carbons (Fsp3) is 0.267. The third kappa shape index (κ3) is 8.91. The summed E-state index contributed by atoms with van der Waals surface area (Å²) < 4.78 is 5.79. The summed E-state index contributed by atoms with van der Waals surface area (Å²) in [6, 6.07) is 23.8. The Morgan fingerprint density at radius 2 is 1.66 bits per heavy atom. The molecular formula is C30H32Cl2N2O4. The highest BCUT2D eigenvalue weighted by Crippen LogP contribution is 2.26. The Labute approximate surface area is 233 Å². The van der Waals surface area contributed by atoms with Crippen molar-refractivity contribution in [3.8, 4) is 5.75 Å².